The highest BCUT2D eigenvalue weighted by Crippen LogP contribution is 2.19. The van der Waals surface area contributed by atoms with Gasteiger partial charge in [0.1, 0.15) is 12.2 Å². The Morgan fingerprint density at radius 2 is 2.24 bits per heavy atom. The van der Waals surface area contributed by atoms with E-state index in [1.807, 2.05) is 18.5 Å². The summed E-state index contributed by atoms with van der Waals surface area (Å²) >= 11 is 0. The molecule has 1 heterocycles. The molecule has 0 unspecified atom stereocenters. The van der Waals surface area contributed by atoms with Gasteiger partial charge in [-0.05, 0) is 25.1 Å². The third kappa shape index (κ3) is 3.71. The van der Waals surface area contributed by atoms with Crippen LogP contribution < -0.4 is 16.4 Å². The summed E-state index contributed by atoms with van der Waals surface area (Å²) in [6.07, 6.45) is 2.37. The lowest BCUT2D eigenvalue weighted by atomic mass is 10.1. The van der Waals surface area contributed by atoms with Gasteiger partial charge in [0.05, 0.1) is 5.56 Å². The number of carbonyl (C=O) groups excluding carboxylic acids is 1. The van der Waals surface area contributed by atoms with Gasteiger partial charge in [0, 0.05) is 37.9 Å². The Balaban J connectivity index is 2.06. The van der Waals surface area contributed by atoms with E-state index in [9.17, 15) is 4.79 Å². The minimum Gasteiger partial charge on any atom is -0.399 e. The molecule has 0 radical (unpaired) electrons. The smallest absolute Gasteiger partial charge is 0.253 e. The van der Waals surface area contributed by atoms with Crippen molar-refractivity contribution in [1.82, 2.24) is 20.1 Å². The molecule has 21 heavy (non-hydrogen) atoms. The molecule has 7 nitrogen and oxygen atoms in total. The summed E-state index contributed by atoms with van der Waals surface area (Å²) in [5.41, 5.74) is 7.72. The molecule has 0 bridgehead atoms. The Kier molecular flexibility index (Phi) is 4.76. The van der Waals surface area contributed by atoms with Crippen LogP contribution in [0.25, 0.3) is 0 Å². The number of anilines is 2. The van der Waals surface area contributed by atoms with Gasteiger partial charge in [-0.3, -0.25) is 4.79 Å². The number of hydrogen-bond acceptors (Lipinski definition) is 5. The van der Waals surface area contributed by atoms with Crippen LogP contribution in [0.3, 0.4) is 0 Å². The predicted molar refractivity (Wildman–Crippen MR) is 82.1 cm³/mol. The molecule has 0 aliphatic rings. The fourth-order valence-electron chi connectivity index (χ4n) is 2.00. The van der Waals surface area contributed by atoms with Crippen LogP contribution in [-0.4, -0.2) is 33.8 Å². The maximum atomic E-state index is 12.0. The van der Waals surface area contributed by atoms with Crippen molar-refractivity contribution in [2.45, 2.75) is 13.3 Å². The molecule has 0 saturated heterocycles. The van der Waals surface area contributed by atoms with E-state index in [1.165, 1.54) is 0 Å². The highest BCUT2D eigenvalue weighted by atomic mass is 16.1. The fourth-order valence-corrected chi connectivity index (χ4v) is 2.00. The van der Waals surface area contributed by atoms with Gasteiger partial charge in [0.2, 0.25) is 0 Å². The molecular weight excluding hydrogens is 268 g/mol. The van der Waals surface area contributed by atoms with Gasteiger partial charge in [-0.2, -0.15) is 0 Å². The number of hydrogen-bond donors (Lipinski definition) is 3. The summed E-state index contributed by atoms with van der Waals surface area (Å²) in [4.78, 5) is 12.0. The molecule has 2 aromatic rings. The Hall–Kier alpha value is -2.57. The second-order valence-electron chi connectivity index (χ2n) is 4.70. The van der Waals surface area contributed by atoms with E-state index < -0.39 is 0 Å². The molecule has 1 aromatic heterocycles. The van der Waals surface area contributed by atoms with E-state index in [4.69, 9.17) is 5.73 Å². The fraction of sp³-hybridized carbons (Fsp3) is 0.357. The number of carbonyl (C=O) groups is 1. The molecule has 1 amide bonds. The summed E-state index contributed by atoms with van der Waals surface area (Å²) < 4.78 is 1.87. The van der Waals surface area contributed by atoms with Gasteiger partial charge in [0.25, 0.3) is 5.91 Å². The number of aromatic nitrogens is 3. The topological polar surface area (TPSA) is 97.9 Å². The molecule has 0 aliphatic carbocycles. The summed E-state index contributed by atoms with van der Waals surface area (Å²) in [6.45, 7) is 3.11. The van der Waals surface area contributed by atoms with E-state index >= 15 is 0 Å². The number of benzene rings is 1. The molecule has 112 valence electrons. The molecule has 0 saturated carbocycles. The zero-order valence-electron chi connectivity index (χ0n) is 12.3. The molecule has 4 N–H and O–H groups in total. The largest absolute Gasteiger partial charge is 0.399 e. The number of nitrogens with one attached hydrogen (secondary N) is 2. The first-order valence-electron chi connectivity index (χ1n) is 6.86. The lowest BCUT2D eigenvalue weighted by molar-refractivity contribution is 0.0956. The number of aryl methyl sites for hydroxylation is 1. The average Bonchev–Trinajstić information content (AvgIpc) is 2.85. The first-order chi connectivity index (χ1) is 10.1. The first-order valence-corrected chi connectivity index (χ1v) is 6.86. The van der Waals surface area contributed by atoms with Crippen molar-refractivity contribution in [3.8, 4) is 0 Å². The molecular formula is C14H20N6O. The van der Waals surface area contributed by atoms with Crippen LogP contribution in [0.2, 0.25) is 0 Å². The molecule has 0 fully saturated rings. The van der Waals surface area contributed by atoms with Crippen LogP contribution in [-0.2, 0) is 13.5 Å². The summed E-state index contributed by atoms with van der Waals surface area (Å²) in [6, 6.07) is 5.21. The van der Waals surface area contributed by atoms with Crippen molar-refractivity contribution in [2.24, 2.45) is 7.05 Å². The van der Waals surface area contributed by atoms with Crippen LogP contribution in [0.4, 0.5) is 11.4 Å². The lowest BCUT2D eigenvalue weighted by Gasteiger charge is -2.12. The Bertz CT molecular complexity index is 622. The zero-order valence-corrected chi connectivity index (χ0v) is 12.3. The van der Waals surface area contributed by atoms with E-state index in [-0.39, 0.29) is 5.91 Å². The molecule has 0 atom stereocenters. The van der Waals surface area contributed by atoms with Crippen molar-refractivity contribution in [2.75, 3.05) is 24.1 Å². The minimum absolute atomic E-state index is 0.112. The van der Waals surface area contributed by atoms with Gasteiger partial charge in [-0.15, -0.1) is 10.2 Å². The Morgan fingerprint density at radius 3 is 2.90 bits per heavy atom. The minimum atomic E-state index is -0.112. The van der Waals surface area contributed by atoms with E-state index in [0.717, 1.165) is 11.5 Å². The standard InChI is InChI=1S/C14H20N6O/c1-3-16-14(21)11-5-4-10(15)8-12(11)17-7-6-13-19-18-9-20(13)2/h4-5,8-9,17H,3,6-7,15H2,1-2H3,(H,16,21). The second kappa shape index (κ2) is 6.74. The maximum Gasteiger partial charge on any atom is 0.253 e. The lowest BCUT2D eigenvalue weighted by Crippen LogP contribution is -2.24. The van der Waals surface area contributed by atoms with Crippen LogP contribution in [0.5, 0.6) is 0 Å². The van der Waals surface area contributed by atoms with Crippen molar-refractivity contribution in [3.63, 3.8) is 0 Å². The summed E-state index contributed by atoms with van der Waals surface area (Å²) in [7, 11) is 1.90. The van der Waals surface area contributed by atoms with Gasteiger partial charge in [-0.25, -0.2) is 0 Å². The van der Waals surface area contributed by atoms with Crippen LogP contribution in [0.1, 0.15) is 23.1 Å². The van der Waals surface area contributed by atoms with Crippen LogP contribution in [0.15, 0.2) is 24.5 Å². The maximum absolute atomic E-state index is 12.0. The van der Waals surface area contributed by atoms with Crippen molar-refractivity contribution >= 4 is 17.3 Å². The molecule has 0 spiro atoms. The first kappa shape index (κ1) is 14.8. The van der Waals surface area contributed by atoms with Gasteiger partial charge < -0.3 is 20.9 Å². The third-order valence-corrected chi connectivity index (χ3v) is 3.09. The summed E-state index contributed by atoms with van der Waals surface area (Å²) in [5.74, 6) is 0.768. The van der Waals surface area contributed by atoms with Crippen LogP contribution >= 0.6 is 0 Å². The third-order valence-electron chi connectivity index (χ3n) is 3.09. The zero-order chi connectivity index (χ0) is 15.2. The van der Waals surface area contributed by atoms with Crippen LogP contribution in [0, 0.1) is 0 Å². The molecule has 1 aromatic carbocycles. The second-order valence-corrected chi connectivity index (χ2v) is 4.70. The number of nitrogen functional groups attached to an aromatic ring is 1. The highest BCUT2D eigenvalue weighted by molar-refractivity contribution is 6.00. The normalized spacial score (nSPS) is 10.4. The van der Waals surface area contributed by atoms with E-state index in [2.05, 4.69) is 20.8 Å². The summed E-state index contributed by atoms with van der Waals surface area (Å²) in [5, 5.41) is 13.9. The number of amides is 1. The monoisotopic (exact) mass is 288 g/mol. The van der Waals surface area contributed by atoms with Gasteiger partial charge in [0.15, 0.2) is 0 Å². The van der Waals surface area contributed by atoms with Crippen molar-refractivity contribution in [1.29, 1.82) is 0 Å². The van der Waals surface area contributed by atoms with E-state index in [0.29, 0.717) is 30.8 Å². The van der Waals surface area contributed by atoms with Gasteiger partial charge >= 0.3 is 0 Å². The van der Waals surface area contributed by atoms with Crippen molar-refractivity contribution in [3.05, 3.63) is 35.9 Å². The van der Waals surface area contributed by atoms with Gasteiger partial charge in [-0.1, -0.05) is 0 Å². The molecule has 2 rings (SSSR count). The van der Waals surface area contributed by atoms with Crippen molar-refractivity contribution < 1.29 is 4.79 Å². The SMILES string of the molecule is CCNC(=O)c1ccc(N)cc1NCCc1nncn1C. The quantitative estimate of drug-likeness (QED) is 0.683. The Morgan fingerprint density at radius 1 is 1.43 bits per heavy atom. The number of nitrogens with two attached hydrogens (primary N) is 1. The molecule has 0 aliphatic heterocycles. The predicted octanol–water partition coefficient (Wildman–Crippen LogP) is 0.802. The molecule has 7 heteroatoms. The number of rotatable bonds is 6. The Labute approximate surface area is 123 Å². The number of nitrogens with zero attached hydrogens (tertiary/aromatic N) is 3. The average molecular weight is 288 g/mol. The van der Waals surface area contributed by atoms with E-state index in [1.54, 1.807) is 24.5 Å². The highest BCUT2D eigenvalue weighted by Gasteiger charge is 2.11.